The average molecular weight is 404 g/mol. The third kappa shape index (κ3) is 6.13. The van der Waals surface area contributed by atoms with E-state index in [1.54, 1.807) is 0 Å². The third-order valence-electron chi connectivity index (χ3n) is 5.65. The van der Waals surface area contributed by atoms with E-state index in [2.05, 4.69) is 86.5 Å². The molecule has 0 aromatic heterocycles. The van der Waals surface area contributed by atoms with Crippen LogP contribution < -0.4 is 0 Å². The molecule has 2 aromatic rings. The summed E-state index contributed by atoms with van der Waals surface area (Å²) < 4.78 is 13.0. The van der Waals surface area contributed by atoms with Gasteiger partial charge in [-0.05, 0) is 73.9 Å². The Balaban J connectivity index is 2.40. The molecule has 0 saturated carbocycles. The minimum absolute atomic E-state index is 0.0152. The van der Waals surface area contributed by atoms with E-state index >= 15 is 0 Å². The SMILES string of the molecule is C/C=C\C=C(/CCC)c1ccc(CC(/C(=C/C)N=CF)c2cccc(C)c2C)cc1. The zero-order valence-electron chi connectivity index (χ0n) is 19.0. The maximum absolute atomic E-state index is 13.0. The molecule has 1 atom stereocenters. The molecule has 0 bridgehead atoms. The van der Waals surface area contributed by atoms with E-state index in [1.807, 2.05) is 19.9 Å². The van der Waals surface area contributed by atoms with E-state index in [0.717, 1.165) is 25.0 Å². The summed E-state index contributed by atoms with van der Waals surface area (Å²) in [6.07, 6.45) is 11.2. The van der Waals surface area contributed by atoms with Gasteiger partial charge in [0.15, 0.2) is 6.47 Å². The van der Waals surface area contributed by atoms with Gasteiger partial charge in [-0.1, -0.05) is 80.1 Å². The molecule has 1 nitrogen and oxygen atoms in total. The fraction of sp³-hybridized carbons (Fsp3) is 0.321. The van der Waals surface area contributed by atoms with Crippen LogP contribution in [0.5, 0.6) is 0 Å². The maximum Gasteiger partial charge on any atom is 0.176 e. The Kier molecular flexibility index (Phi) is 9.47. The van der Waals surface area contributed by atoms with Crippen molar-refractivity contribution in [1.82, 2.24) is 0 Å². The van der Waals surface area contributed by atoms with Gasteiger partial charge < -0.3 is 0 Å². The molecule has 30 heavy (non-hydrogen) atoms. The summed E-state index contributed by atoms with van der Waals surface area (Å²) >= 11 is 0. The Bertz CT molecular complexity index is 930. The molecule has 2 aromatic carbocycles. The molecule has 0 saturated heterocycles. The topological polar surface area (TPSA) is 12.4 Å². The number of nitrogens with zero attached hydrogens (tertiary/aromatic N) is 1. The van der Waals surface area contributed by atoms with Crippen LogP contribution in [-0.2, 0) is 6.42 Å². The number of aliphatic imine (C=N–C) groups is 1. The lowest BCUT2D eigenvalue weighted by atomic mass is 9.85. The molecule has 0 fully saturated rings. The van der Waals surface area contributed by atoms with E-state index in [4.69, 9.17) is 0 Å². The summed E-state index contributed by atoms with van der Waals surface area (Å²) in [4.78, 5) is 4.04. The quantitative estimate of drug-likeness (QED) is 0.295. The third-order valence-corrected chi connectivity index (χ3v) is 5.65. The molecule has 1 unspecified atom stereocenters. The Hall–Kier alpha value is -2.74. The van der Waals surface area contributed by atoms with Crippen LogP contribution in [0.3, 0.4) is 0 Å². The highest BCUT2D eigenvalue weighted by Crippen LogP contribution is 2.33. The van der Waals surface area contributed by atoms with Crippen molar-refractivity contribution in [2.75, 3.05) is 0 Å². The van der Waals surface area contributed by atoms with Gasteiger partial charge in [0.2, 0.25) is 0 Å². The average Bonchev–Trinajstić information content (AvgIpc) is 2.76. The van der Waals surface area contributed by atoms with Gasteiger partial charge in [-0.15, -0.1) is 0 Å². The van der Waals surface area contributed by atoms with Gasteiger partial charge in [-0.3, -0.25) is 0 Å². The first kappa shape index (κ1) is 23.5. The molecular weight excluding hydrogens is 369 g/mol. The van der Waals surface area contributed by atoms with Gasteiger partial charge in [0.1, 0.15) is 0 Å². The van der Waals surface area contributed by atoms with Crippen LogP contribution in [0.1, 0.15) is 67.3 Å². The fourth-order valence-electron chi connectivity index (χ4n) is 3.84. The van der Waals surface area contributed by atoms with E-state index < -0.39 is 0 Å². The molecule has 0 amide bonds. The smallest absolute Gasteiger partial charge is 0.176 e. The Morgan fingerprint density at radius 3 is 2.40 bits per heavy atom. The Labute approximate surface area is 181 Å². The highest BCUT2D eigenvalue weighted by Gasteiger charge is 2.19. The summed E-state index contributed by atoms with van der Waals surface area (Å²) in [6, 6.07) is 15.1. The van der Waals surface area contributed by atoms with Crippen molar-refractivity contribution in [3.8, 4) is 0 Å². The molecule has 0 aliphatic rings. The molecule has 0 N–H and O–H groups in total. The molecular formula is C28H34FN. The van der Waals surface area contributed by atoms with E-state index in [9.17, 15) is 4.39 Å². The minimum atomic E-state index is 0.0152. The molecule has 0 spiro atoms. The standard InChI is InChI=1S/C28H34FN/c1-6-9-13-24(11-7-2)25-17-15-23(16-18-25)19-27(28(8-3)30-20-29)26-14-10-12-21(4)22(26)5/h6,8-10,12-18,20,27H,7,11,19H2,1-5H3/b9-6-,24-13+,28-8-,30-20?. The number of rotatable bonds is 9. The normalized spacial score (nSPS) is 14.1. The number of aryl methyl sites for hydroxylation is 1. The summed E-state index contributed by atoms with van der Waals surface area (Å²) in [5.41, 5.74) is 8.28. The zero-order valence-corrected chi connectivity index (χ0v) is 19.0. The maximum atomic E-state index is 13.0. The van der Waals surface area contributed by atoms with Crippen molar-refractivity contribution in [2.45, 2.75) is 59.8 Å². The highest BCUT2D eigenvalue weighted by atomic mass is 19.1. The highest BCUT2D eigenvalue weighted by molar-refractivity contribution is 5.67. The monoisotopic (exact) mass is 403 g/mol. The second-order valence-electron chi connectivity index (χ2n) is 7.65. The first-order valence-corrected chi connectivity index (χ1v) is 10.8. The number of hydrogen-bond donors (Lipinski definition) is 0. The van der Waals surface area contributed by atoms with E-state index in [1.165, 1.54) is 33.4 Å². The molecule has 0 aliphatic carbocycles. The first-order chi connectivity index (χ1) is 14.5. The molecule has 2 heteroatoms. The zero-order chi connectivity index (χ0) is 21.9. The fourth-order valence-corrected chi connectivity index (χ4v) is 3.84. The predicted molar refractivity (Wildman–Crippen MR) is 130 cm³/mol. The van der Waals surface area contributed by atoms with Gasteiger partial charge in [0.25, 0.3) is 0 Å². The van der Waals surface area contributed by atoms with Crippen molar-refractivity contribution in [3.05, 3.63) is 100 Å². The van der Waals surface area contributed by atoms with Crippen molar-refractivity contribution < 1.29 is 4.39 Å². The lowest BCUT2D eigenvalue weighted by Crippen LogP contribution is -2.08. The van der Waals surface area contributed by atoms with Gasteiger partial charge in [-0.2, -0.15) is 4.39 Å². The number of halogens is 1. The number of hydrogen-bond acceptors (Lipinski definition) is 1. The van der Waals surface area contributed by atoms with Gasteiger partial charge >= 0.3 is 0 Å². The second kappa shape index (κ2) is 12.1. The Morgan fingerprint density at radius 2 is 1.80 bits per heavy atom. The van der Waals surface area contributed by atoms with Crippen LogP contribution in [0.2, 0.25) is 0 Å². The van der Waals surface area contributed by atoms with Crippen LogP contribution in [0.15, 0.2) is 77.5 Å². The molecule has 158 valence electrons. The molecule has 0 heterocycles. The predicted octanol–water partition coefficient (Wildman–Crippen LogP) is 8.29. The largest absolute Gasteiger partial charge is 0.231 e. The van der Waals surface area contributed by atoms with Crippen LogP contribution in [0.25, 0.3) is 5.57 Å². The van der Waals surface area contributed by atoms with Crippen LogP contribution in [0, 0.1) is 13.8 Å². The number of benzene rings is 2. The van der Waals surface area contributed by atoms with Crippen molar-refractivity contribution >= 4 is 12.0 Å². The second-order valence-corrected chi connectivity index (χ2v) is 7.65. The Morgan fingerprint density at radius 1 is 1.07 bits per heavy atom. The van der Waals surface area contributed by atoms with E-state index in [0.29, 0.717) is 6.47 Å². The first-order valence-electron chi connectivity index (χ1n) is 10.8. The van der Waals surface area contributed by atoms with Gasteiger partial charge in [0, 0.05) is 11.6 Å². The van der Waals surface area contributed by atoms with Crippen molar-refractivity contribution in [2.24, 2.45) is 4.99 Å². The van der Waals surface area contributed by atoms with E-state index in [-0.39, 0.29) is 5.92 Å². The molecule has 0 radical (unpaired) electrons. The lowest BCUT2D eigenvalue weighted by molar-refractivity contribution is 0.755. The minimum Gasteiger partial charge on any atom is -0.231 e. The van der Waals surface area contributed by atoms with Gasteiger partial charge in [-0.25, -0.2) is 4.99 Å². The van der Waals surface area contributed by atoms with Crippen LogP contribution in [-0.4, -0.2) is 6.47 Å². The van der Waals surface area contributed by atoms with Crippen LogP contribution >= 0.6 is 0 Å². The number of allylic oxidation sites excluding steroid dienone is 6. The van der Waals surface area contributed by atoms with Crippen LogP contribution in [0.4, 0.5) is 4.39 Å². The van der Waals surface area contributed by atoms with Crippen molar-refractivity contribution in [3.63, 3.8) is 0 Å². The summed E-state index contributed by atoms with van der Waals surface area (Å²) in [7, 11) is 0. The summed E-state index contributed by atoms with van der Waals surface area (Å²) in [5, 5.41) is 0. The molecule has 2 rings (SSSR count). The van der Waals surface area contributed by atoms with Crippen molar-refractivity contribution in [1.29, 1.82) is 0 Å². The summed E-state index contributed by atoms with van der Waals surface area (Å²) in [5.74, 6) is 0.0152. The molecule has 0 aliphatic heterocycles. The van der Waals surface area contributed by atoms with Gasteiger partial charge in [0.05, 0.1) is 0 Å². The lowest BCUT2D eigenvalue weighted by Gasteiger charge is -2.21. The summed E-state index contributed by atoms with van der Waals surface area (Å²) in [6.45, 7) is 10.8.